The minimum atomic E-state index is -0.153. The van der Waals surface area contributed by atoms with Crippen molar-refractivity contribution in [1.29, 1.82) is 0 Å². The van der Waals surface area contributed by atoms with Crippen LogP contribution in [0.25, 0.3) is 0 Å². The third kappa shape index (κ3) is 1.18. The highest BCUT2D eigenvalue weighted by Crippen LogP contribution is 2.34. The first-order chi connectivity index (χ1) is 5.87. The first kappa shape index (κ1) is 8.23. The monoisotopic (exact) mass is 184 g/mol. The maximum Gasteiger partial charge on any atom is 0.119 e. The highest BCUT2D eigenvalue weighted by atomic mass is 32.1. The van der Waals surface area contributed by atoms with E-state index in [1.165, 1.54) is 5.56 Å². The van der Waals surface area contributed by atoms with Crippen molar-refractivity contribution in [2.75, 3.05) is 20.3 Å². The van der Waals surface area contributed by atoms with Gasteiger partial charge in [0.25, 0.3) is 0 Å². The normalized spacial score (nSPS) is 29.4. The molecule has 2 rings (SSSR count). The number of rotatable bonds is 2. The Hall–Kier alpha value is -0.380. The number of hydrogen-bond acceptors (Lipinski definition) is 3. The molecule has 1 aromatic rings. The lowest BCUT2D eigenvalue weighted by Gasteiger charge is -2.24. The van der Waals surface area contributed by atoms with Gasteiger partial charge in [-0.2, -0.15) is 11.3 Å². The van der Waals surface area contributed by atoms with Gasteiger partial charge in [0.05, 0.1) is 6.61 Å². The van der Waals surface area contributed by atoms with Crippen LogP contribution in [0.3, 0.4) is 0 Å². The molecule has 0 spiro atoms. The maximum atomic E-state index is 5.52. The van der Waals surface area contributed by atoms with Gasteiger partial charge in [0, 0.05) is 20.1 Å². The first-order valence-corrected chi connectivity index (χ1v) is 4.97. The summed E-state index contributed by atoms with van der Waals surface area (Å²) in [7, 11) is 1.76. The zero-order valence-electron chi connectivity index (χ0n) is 7.08. The average molecular weight is 184 g/mol. The lowest BCUT2D eigenvalue weighted by Crippen LogP contribution is -2.27. The molecule has 66 valence electrons. The van der Waals surface area contributed by atoms with E-state index in [4.69, 9.17) is 9.47 Å². The highest BCUT2D eigenvalue weighted by molar-refractivity contribution is 7.08. The number of thiophene rings is 1. The van der Waals surface area contributed by atoms with E-state index in [2.05, 4.69) is 16.8 Å². The molecular weight excluding hydrogens is 172 g/mol. The fourth-order valence-electron chi connectivity index (χ4n) is 1.58. The van der Waals surface area contributed by atoms with Crippen molar-refractivity contribution in [3.05, 3.63) is 22.4 Å². The third-order valence-electron chi connectivity index (χ3n) is 2.42. The van der Waals surface area contributed by atoms with Crippen molar-refractivity contribution in [2.24, 2.45) is 0 Å². The molecule has 0 N–H and O–H groups in total. The third-order valence-corrected chi connectivity index (χ3v) is 3.11. The van der Waals surface area contributed by atoms with E-state index >= 15 is 0 Å². The summed E-state index contributed by atoms with van der Waals surface area (Å²) in [6.45, 7) is 1.50. The Morgan fingerprint density at radius 3 is 3.08 bits per heavy atom. The van der Waals surface area contributed by atoms with E-state index in [0.29, 0.717) is 6.61 Å². The second-order valence-corrected chi connectivity index (χ2v) is 3.79. The molecule has 1 aromatic heterocycles. The predicted molar refractivity (Wildman–Crippen MR) is 48.4 cm³/mol. The zero-order chi connectivity index (χ0) is 8.44. The summed E-state index contributed by atoms with van der Waals surface area (Å²) < 4.78 is 10.9. The summed E-state index contributed by atoms with van der Waals surface area (Å²) in [5.41, 5.74) is 1.10. The van der Waals surface area contributed by atoms with Crippen LogP contribution in [-0.4, -0.2) is 20.3 Å². The van der Waals surface area contributed by atoms with Crippen LogP contribution in [0.15, 0.2) is 16.8 Å². The molecule has 0 radical (unpaired) electrons. The first-order valence-electron chi connectivity index (χ1n) is 4.03. The fraction of sp³-hybridized carbons (Fsp3) is 0.556. The van der Waals surface area contributed by atoms with Gasteiger partial charge in [0.2, 0.25) is 0 Å². The van der Waals surface area contributed by atoms with Crippen LogP contribution >= 0.6 is 11.3 Å². The summed E-state index contributed by atoms with van der Waals surface area (Å²) in [4.78, 5) is 0. The van der Waals surface area contributed by atoms with E-state index in [1.807, 2.05) is 0 Å². The molecule has 1 atom stereocenters. The van der Waals surface area contributed by atoms with E-state index in [-0.39, 0.29) is 5.60 Å². The molecule has 0 saturated carbocycles. The Morgan fingerprint density at radius 1 is 1.67 bits per heavy atom. The number of hydrogen-bond donors (Lipinski definition) is 0. The summed E-state index contributed by atoms with van der Waals surface area (Å²) in [6, 6.07) is 2.11. The van der Waals surface area contributed by atoms with Crippen LogP contribution in [0.5, 0.6) is 0 Å². The van der Waals surface area contributed by atoms with Crippen molar-refractivity contribution >= 4 is 11.3 Å². The molecule has 0 amide bonds. The highest BCUT2D eigenvalue weighted by Gasteiger charge is 2.36. The van der Waals surface area contributed by atoms with Gasteiger partial charge < -0.3 is 9.47 Å². The van der Waals surface area contributed by atoms with E-state index in [0.717, 1.165) is 13.0 Å². The Morgan fingerprint density at radius 2 is 2.58 bits per heavy atom. The lowest BCUT2D eigenvalue weighted by molar-refractivity contribution is -0.0209. The minimum absolute atomic E-state index is 0.153. The van der Waals surface area contributed by atoms with Crippen molar-refractivity contribution in [2.45, 2.75) is 12.0 Å². The van der Waals surface area contributed by atoms with Crippen molar-refractivity contribution in [1.82, 2.24) is 0 Å². The molecule has 2 heterocycles. The smallest absolute Gasteiger partial charge is 0.119 e. The molecule has 1 unspecified atom stereocenters. The van der Waals surface area contributed by atoms with Crippen LogP contribution in [-0.2, 0) is 15.1 Å². The molecular formula is C9H12O2S. The van der Waals surface area contributed by atoms with Crippen LogP contribution < -0.4 is 0 Å². The largest absolute Gasteiger partial charge is 0.378 e. The quantitative estimate of drug-likeness (QED) is 0.700. The van der Waals surface area contributed by atoms with E-state index in [1.54, 1.807) is 18.4 Å². The van der Waals surface area contributed by atoms with Gasteiger partial charge in [0.1, 0.15) is 5.60 Å². The SMILES string of the molecule is COC1(c2ccsc2)CCOC1. The van der Waals surface area contributed by atoms with Gasteiger partial charge in [0.15, 0.2) is 0 Å². The zero-order valence-corrected chi connectivity index (χ0v) is 7.89. The summed E-state index contributed by atoms with van der Waals surface area (Å²) in [5.74, 6) is 0. The van der Waals surface area contributed by atoms with Crippen molar-refractivity contribution in [3.63, 3.8) is 0 Å². The summed E-state index contributed by atoms with van der Waals surface area (Å²) >= 11 is 1.70. The van der Waals surface area contributed by atoms with Crippen LogP contribution in [0.1, 0.15) is 12.0 Å². The molecule has 1 saturated heterocycles. The van der Waals surface area contributed by atoms with Gasteiger partial charge in [-0.1, -0.05) is 0 Å². The molecule has 1 aliphatic heterocycles. The second-order valence-electron chi connectivity index (χ2n) is 3.01. The van der Waals surface area contributed by atoms with Gasteiger partial charge in [-0.05, 0) is 22.4 Å². The van der Waals surface area contributed by atoms with Gasteiger partial charge in [-0.3, -0.25) is 0 Å². The second kappa shape index (κ2) is 3.17. The van der Waals surface area contributed by atoms with Gasteiger partial charge in [-0.25, -0.2) is 0 Å². The summed E-state index contributed by atoms with van der Waals surface area (Å²) in [5, 5.41) is 4.21. The van der Waals surface area contributed by atoms with Gasteiger partial charge in [-0.15, -0.1) is 0 Å². The molecule has 3 heteroatoms. The Balaban J connectivity index is 2.28. The van der Waals surface area contributed by atoms with Crippen LogP contribution in [0.4, 0.5) is 0 Å². The maximum absolute atomic E-state index is 5.52. The molecule has 1 aliphatic rings. The van der Waals surface area contributed by atoms with Gasteiger partial charge >= 0.3 is 0 Å². The van der Waals surface area contributed by atoms with E-state index < -0.39 is 0 Å². The molecule has 2 nitrogen and oxygen atoms in total. The molecule has 0 aliphatic carbocycles. The van der Waals surface area contributed by atoms with Crippen molar-refractivity contribution < 1.29 is 9.47 Å². The predicted octanol–water partition coefficient (Wildman–Crippen LogP) is 2.01. The van der Waals surface area contributed by atoms with Crippen molar-refractivity contribution in [3.8, 4) is 0 Å². The molecule has 0 aromatic carbocycles. The molecule has 12 heavy (non-hydrogen) atoms. The van der Waals surface area contributed by atoms with Crippen LogP contribution in [0.2, 0.25) is 0 Å². The Kier molecular flexibility index (Phi) is 2.17. The number of ether oxygens (including phenoxy) is 2. The van der Waals surface area contributed by atoms with Crippen LogP contribution in [0, 0.1) is 0 Å². The lowest BCUT2D eigenvalue weighted by atomic mass is 9.96. The van der Waals surface area contributed by atoms with E-state index in [9.17, 15) is 0 Å². The minimum Gasteiger partial charge on any atom is -0.378 e. The number of methoxy groups -OCH3 is 1. The standard InChI is InChI=1S/C9H12O2S/c1-10-9(3-4-11-7-9)8-2-5-12-6-8/h2,5-6H,3-4,7H2,1H3. The fourth-order valence-corrected chi connectivity index (χ4v) is 2.32. The average Bonchev–Trinajstić information content (AvgIpc) is 2.76. The Labute approximate surface area is 76.1 Å². The molecule has 1 fully saturated rings. The topological polar surface area (TPSA) is 18.5 Å². The summed E-state index contributed by atoms with van der Waals surface area (Å²) in [6.07, 6.45) is 0.972. The molecule has 0 bridgehead atoms. The Bertz CT molecular complexity index is 237.